The largest absolute Gasteiger partial charge is 0.481 e. The zero-order chi connectivity index (χ0) is 12.7. The van der Waals surface area contributed by atoms with Crippen molar-refractivity contribution in [3.8, 4) is 0 Å². The van der Waals surface area contributed by atoms with E-state index >= 15 is 0 Å². The van der Waals surface area contributed by atoms with Crippen molar-refractivity contribution in [1.29, 1.82) is 0 Å². The van der Waals surface area contributed by atoms with Gasteiger partial charge < -0.3 is 15.2 Å². The number of unbranched alkanes of at least 4 members (excludes halogenated alkanes) is 1. The van der Waals surface area contributed by atoms with E-state index in [1.54, 1.807) is 7.11 Å². The highest BCUT2D eigenvalue weighted by Gasteiger charge is 2.37. The maximum atomic E-state index is 11.8. The van der Waals surface area contributed by atoms with E-state index in [-0.39, 0.29) is 11.8 Å². The minimum absolute atomic E-state index is 0.104. The zero-order valence-corrected chi connectivity index (χ0v) is 10.3. The van der Waals surface area contributed by atoms with Crippen LogP contribution in [0.15, 0.2) is 0 Å². The number of carbonyl (C=O) groups excluding carboxylic acids is 1. The summed E-state index contributed by atoms with van der Waals surface area (Å²) >= 11 is 0. The van der Waals surface area contributed by atoms with E-state index in [2.05, 4.69) is 5.32 Å². The van der Waals surface area contributed by atoms with Gasteiger partial charge in [-0.2, -0.15) is 0 Å². The van der Waals surface area contributed by atoms with Gasteiger partial charge in [-0.15, -0.1) is 0 Å². The number of hydrogen-bond donors (Lipinski definition) is 2. The van der Waals surface area contributed by atoms with Crippen LogP contribution in [0, 0.1) is 11.8 Å². The van der Waals surface area contributed by atoms with Crippen LogP contribution >= 0.6 is 0 Å². The Morgan fingerprint density at radius 1 is 1.29 bits per heavy atom. The lowest BCUT2D eigenvalue weighted by molar-refractivity contribution is -0.146. The second-order valence-corrected chi connectivity index (χ2v) is 4.47. The summed E-state index contributed by atoms with van der Waals surface area (Å²) in [6.07, 6.45) is 3.92. The van der Waals surface area contributed by atoms with E-state index in [4.69, 9.17) is 9.84 Å². The van der Waals surface area contributed by atoms with Gasteiger partial charge in [-0.1, -0.05) is 6.42 Å². The van der Waals surface area contributed by atoms with E-state index < -0.39 is 11.9 Å². The molecule has 5 nitrogen and oxygen atoms in total. The molecule has 98 valence electrons. The lowest BCUT2D eigenvalue weighted by atomic mass is 9.95. The minimum atomic E-state index is -0.845. The molecule has 0 aromatic carbocycles. The third-order valence-electron chi connectivity index (χ3n) is 3.24. The number of rotatable bonds is 7. The molecule has 1 saturated carbocycles. The van der Waals surface area contributed by atoms with Crippen molar-refractivity contribution in [3.05, 3.63) is 0 Å². The average Bonchev–Trinajstić information content (AvgIpc) is 2.77. The van der Waals surface area contributed by atoms with Crippen molar-refractivity contribution < 1.29 is 19.4 Å². The van der Waals surface area contributed by atoms with Gasteiger partial charge in [0.15, 0.2) is 0 Å². The average molecular weight is 243 g/mol. The molecular weight excluding hydrogens is 222 g/mol. The van der Waals surface area contributed by atoms with Crippen LogP contribution in [0.1, 0.15) is 32.1 Å². The second-order valence-electron chi connectivity index (χ2n) is 4.47. The summed E-state index contributed by atoms with van der Waals surface area (Å²) in [6.45, 7) is 1.29. The molecule has 0 spiro atoms. The van der Waals surface area contributed by atoms with Gasteiger partial charge in [-0.05, 0) is 25.7 Å². The van der Waals surface area contributed by atoms with E-state index in [1.807, 2.05) is 0 Å². The Balaban J connectivity index is 2.25. The lowest BCUT2D eigenvalue weighted by Gasteiger charge is -2.15. The standard InChI is InChI=1S/C12H21NO4/c1-17-8-3-2-7-13-11(14)9-5-4-6-10(9)12(15)16/h9-10H,2-8H2,1H3,(H,13,14)(H,15,16)/t9-,10+/m1/s1. The Kier molecular flexibility index (Phi) is 5.97. The molecule has 5 heteroatoms. The molecule has 0 bridgehead atoms. The highest BCUT2D eigenvalue weighted by molar-refractivity contribution is 5.85. The van der Waals surface area contributed by atoms with Crippen molar-refractivity contribution in [2.75, 3.05) is 20.3 Å². The molecule has 0 aromatic rings. The Morgan fingerprint density at radius 3 is 2.65 bits per heavy atom. The summed E-state index contributed by atoms with van der Waals surface area (Å²) in [7, 11) is 1.65. The topological polar surface area (TPSA) is 75.6 Å². The lowest BCUT2D eigenvalue weighted by Crippen LogP contribution is -2.35. The number of carboxylic acids is 1. The Bertz CT molecular complexity index is 267. The van der Waals surface area contributed by atoms with Gasteiger partial charge in [0.1, 0.15) is 0 Å². The summed E-state index contributed by atoms with van der Waals surface area (Å²) in [6, 6.07) is 0. The van der Waals surface area contributed by atoms with Gasteiger partial charge in [-0.25, -0.2) is 0 Å². The fraction of sp³-hybridized carbons (Fsp3) is 0.833. The molecule has 1 rings (SSSR count). The highest BCUT2D eigenvalue weighted by atomic mass is 16.5. The first-order valence-corrected chi connectivity index (χ1v) is 6.16. The number of hydrogen-bond acceptors (Lipinski definition) is 3. The molecule has 0 saturated heterocycles. The van der Waals surface area contributed by atoms with Gasteiger partial charge in [0.05, 0.1) is 11.8 Å². The van der Waals surface area contributed by atoms with Gasteiger partial charge in [-0.3, -0.25) is 9.59 Å². The summed E-state index contributed by atoms with van der Waals surface area (Å²) in [5.41, 5.74) is 0. The highest BCUT2D eigenvalue weighted by Crippen LogP contribution is 2.31. The Hall–Kier alpha value is -1.10. The molecule has 0 aliphatic heterocycles. The molecule has 0 aromatic heterocycles. The number of nitrogens with one attached hydrogen (secondary N) is 1. The van der Waals surface area contributed by atoms with Crippen LogP contribution in [-0.4, -0.2) is 37.2 Å². The summed E-state index contributed by atoms with van der Waals surface area (Å²) < 4.78 is 4.91. The van der Waals surface area contributed by atoms with Crippen molar-refractivity contribution in [3.63, 3.8) is 0 Å². The van der Waals surface area contributed by atoms with Gasteiger partial charge in [0.2, 0.25) is 5.91 Å². The van der Waals surface area contributed by atoms with Gasteiger partial charge in [0, 0.05) is 20.3 Å². The van der Waals surface area contributed by atoms with Crippen LogP contribution < -0.4 is 5.32 Å². The SMILES string of the molecule is COCCCCNC(=O)[C@@H]1CCC[C@@H]1C(=O)O. The number of aliphatic carboxylic acids is 1. The van der Waals surface area contributed by atoms with Crippen molar-refractivity contribution in [1.82, 2.24) is 5.32 Å². The van der Waals surface area contributed by atoms with Crippen LogP contribution in [0.5, 0.6) is 0 Å². The third-order valence-corrected chi connectivity index (χ3v) is 3.24. The van der Waals surface area contributed by atoms with Crippen LogP contribution in [0.2, 0.25) is 0 Å². The van der Waals surface area contributed by atoms with Crippen LogP contribution in [-0.2, 0) is 14.3 Å². The monoisotopic (exact) mass is 243 g/mol. The Labute approximate surface area is 102 Å². The number of ether oxygens (including phenoxy) is 1. The molecule has 0 heterocycles. The molecule has 0 radical (unpaired) electrons. The fourth-order valence-electron chi connectivity index (χ4n) is 2.28. The van der Waals surface area contributed by atoms with Crippen molar-refractivity contribution in [2.24, 2.45) is 11.8 Å². The van der Waals surface area contributed by atoms with E-state index in [0.717, 1.165) is 19.3 Å². The number of amides is 1. The molecule has 2 atom stereocenters. The predicted molar refractivity (Wildman–Crippen MR) is 62.6 cm³/mol. The summed E-state index contributed by atoms with van der Waals surface area (Å²) in [5, 5.41) is 11.8. The van der Waals surface area contributed by atoms with Crippen molar-refractivity contribution in [2.45, 2.75) is 32.1 Å². The first-order chi connectivity index (χ1) is 8.16. The van der Waals surface area contributed by atoms with Crippen LogP contribution in [0.25, 0.3) is 0 Å². The van der Waals surface area contributed by atoms with Crippen LogP contribution in [0.4, 0.5) is 0 Å². The molecule has 0 unspecified atom stereocenters. The van der Waals surface area contributed by atoms with E-state index in [9.17, 15) is 9.59 Å². The van der Waals surface area contributed by atoms with E-state index in [0.29, 0.717) is 26.0 Å². The molecule has 17 heavy (non-hydrogen) atoms. The summed E-state index contributed by atoms with van der Waals surface area (Å²) in [4.78, 5) is 22.7. The van der Waals surface area contributed by atoms with Gasteiger partial charge >= 0.3 is 5.97 Å². The van der Waals surface area contributed by atoms with E-state index in [1.165, 1.54) is 0 Å². The quantitative estimate of drug-likeness (QED) is 0.655. The second kappa shape index (κ2) is 7.27. The first kappa shape index (κ1) is 14.0. The van der Waals surface area contributed by atoms with Gasteiger partial charge in [0.25, 0.3) is 0 Å². The normalized spacial score (nSPS) is 23.6. The zero-order valence-electron chi connectivity index (χ0n) is 10.3. The molecule has 2 N–H and O–H groups in total. The molecule has 1 amide bonds. The first-order valence-electron chi connectivity index (χ1n) is 6.16. The number of carboxylic acid groups (broad SMARTS) is 1. The van der Waals surface area contributed by atoms with Crippen LogP contribution in [0.3, 0.4) is 0 Å². The minimum Gasteiger partial charge on any atom is -0.481 e. The predicted octanol–water partition coefficient (Wildman–Crippen LogP) is 1.03. The fourth-order valence-corrected chi connectivity index (χ4v) is 2.28. The summed E-state index contributed by atoms with van der Waals surface area (Å²) in [5.74, 6) is -1.78. The molecule has 1 fully saturated rings. The smallest absolute Gasteiger partial charge is 0.307 e. The Morgan fingerprint density at radius 2 is 2.00 bits per heavy atom. The molecule has 1 aliphatic rings. The molecule has 1 aliphatic carbocycles. The maximum Gasteiger partial charge on any atom is 0.307 e. The number of carbonyl (C=O) groups is 2. The third kappa shape index (κ3) is 4.34. The maximum absolute atomic E-state index is 11.8. The van der Waals surface area contributed by atoms with Crippen molar-refractivity contribution >= 4 is 11.9 Å². The number of methoxy groups -OCH3 is 1. The molecular formula is C12H21NO4.